The smallest absolute Gasteiger partial charge is 0.160 e. The van der Waals surface area contributed by atoms with Gasteiger partial charge in [0.2, 0.25) is 0 Å². The van der Waals surface area contributed by atoms with Gasteiger partial charge in [-0.2, -0.15) is 0 Å². The first kappa shape index (κ1) is 17.5. The van der Waals surface area contributed by atoms with E-state index in [-0.39, 0.29) is 18.0 Å². The van der Waals surface area contributed by atoms with Crippen molar-refractivity contribution in [1.29, 1.82) is 0 Å². The Morgan fingerprint density at radius 1 is 1.21 bits per heavy atom. The largest absolute Gasteiger partial charge is 0.504 e. The van der Waals surface area contributed by atoms with Crippen molar-refractivity contribution < 1.29 is 19.7 Å². The molecular weight excluding hydrogens is 306 g/mol. The van der Waals surface area contributed by atoms with Crippen LogP contribution in [0.25, 0.3) is 0 Å². The van der Waals surface area contributed by atoms with Crippen LogP contribution >= 0.6 is 0 Å². The van der Waals surface area contributed by atoms with Gasteiger partial charge in [0, 0.05) is 19.1 Å². The van der Waals surface area contributed by atoms with Crippen LogP contribution in [-0.2, 0) is 11.2 Å². The minimum atomic E-state index is -0.169. The van der Waals surface area contributed by atoms with Crippen molar-refractivity contribution in [3.63, 3.8) is 0 Å². The Bertz CT molecular complexity index is 536. The second-order valence-corrected chi connectivity index (χ2v) is 6.95. The second-order valence-electron chi connectivity index (χ2n) is 6.95. The summed E-state index contributed by atoms with van der Waals surface area (Å²) >= 11 is 0. The zero-order valence-corrected chi connectivity index (χ0v) is 14.5. The van der Waals surface area contributed by atoms with Crippen molar-refractivity contribution in [3.8, 4) is 11.5 Å². The number of hydrogen-bond donors (Lipinski definition) is 2. The lowest BCUT2D eigenvalue weighted by Crippen LogP contribution is -2.46. The van der Waals surface area contributed by atoms with Crippen molar-refractivity contribution in [2.24, 2.45) is 0 Å². The summed E-state index contributed by atoms with van der Waals surface area (Å²) < 4.78 is 11.4. The highest BCUT2D eigenvalue weighted by Gasteiger charge is 2.34. The van der Waals surface area contributed by atoms with Crippen molar-refractivity contribution in [1.82, 2.24) is 4.90 Å². The first-order valence-electron chi connectivity index (χ1n) is 9.07. The van der Waals surface area contributed by atoms with Crippen LogP contribution in [0.15, 0.2) is 18.2 Å². The second kappa shape index (κ2) is 8.19. The molecule has 0 bridgehead atoms. The molecular formula is C19H29NO4. The zero-order valence-electron chi connectivity index (χ0n) is 14.5. The summed E-state index contributed by atoms with van der Waals surface area (Å²) in [4.78, 5) is 2.41. The fourth-order valence-electron chi connectivity index (χ4n) is 3.96. The number of likely N-dealkylation sites (tertiary alicyclic amines) is 1. The number of β-amino-alcohol motifs (C(OH)–C–C–N with tert-alkyl or cyclic N) is 1. The van der Waals surface area contributed by atoms with Gasteiger partial charge in [-0.05, 0) is 43.4 Å². The molecule has 134 valence electrons. The molecule has 1 saturated heterocycles. The number of hydrogen-bond acceptors (Lipinski definition) is 5. The number of nitrogens with zero attached hydrogens (tertiary/aromatic N) is 1. The van der Waals surface area contributed by atoms with Crippen molar-refractivity contribution in [3.05, 3.63) is 23.8 Å². The third kappa shape index (κ3) is 4.21. The maximum Gasteiger partial charge on any atom is 0.160 e. The van der Waals surface area contributed by atoms with Crippen LogP contribution in [-0.4, -0.2) is 60.2 Å². The van der Waals surface area contributed by atoms with E-state index in [1.165, 1.54) is 19.3 Å². The monoisotopic (exact) mass is 335 g/mol. The molecule has 2 aliphatic rings. The molecule has 0 radical (unpaired) electrons. The highest BCUT2D eigenvalue weighted by Crippen LogP contribution is 2.29. The molecule has 3 atom stereocenters. The molecule has 1 aromatic carbocycles. The van der Waals surface area contributed by atoms with Gasteiger partial charge in [-0.25, -0.2) is 0 Å². The van der Waals surface area contributed by atoms with E-state index in [0.29, 0.717) is 18.4 Å². The van der Waals surface area contributed by atoms with E-state index in [2.05, 4.69) is 4.90 Å². The summed E-state index contributed by atoms with van der Waals surface area (Å²) in [5.74, 6) is 0.677. The van der Waals surface area contributed by atoms with Gasteiger partial charge in [0.05, 0.1) is 25.9 Å². The minimum Gasteiger partial charge on any atom is -0.504 e. The highest BCUT2D eigenvalue weighted by molar-refractivity contribution is 5.41. The summed E-state index contributed by atoms with van der Waals surface area (Å²) in [5.41, 5.74) is 1.11. The molecule has 0 spiro atoms. The van der Waals surface area contributed by atoms with E-state index in [4.69, 9.17) is 9.47 Å². The quantitative estimate of drug-likeness (QED) is 0.835. The minimum absolute atomic E-state index is 0.169. The maximum atomic E-state index is 9.80. The Balaban J connectivity index is 1.52. The van der Waals surface area contributed by atoms with Gasteiger partial charge in [0.15, 0.2) is 11.5 Å². The van der Waals surface area contributed by atoms with Crippen LogP contribution < -0.4 is 4.74 Å². The van der Waals surface area contributed by atoms with Crippen molar-refractivity contribution >= 4 is 0 Å². The van der Waals surface area contributed by atoms with Gasteiger partial charge in [0.25, 0.3) is 0 Å². The molecule has 1 aromatic rings. The van der Waals surface area contributed by atoms with Crippen LogP contribution in [0.5, 0.6) is 11.5 Å². The number of methoxy groups -OCH3 is 1. The SMILES string of the molecule is COc1cc(CCO[C@@H]2CCCC[C@H]2N2CC[C@@H](O)C2)ccc1O. The number of aliphatic hydroxyl groups is 1. The van der Waals surface area contributed by atoms with Crippen molar-refractivity contribution in [2.45, 2.75) is 56.8 Å². The topological polar surface area (TPSA) is 62.2 Å². The van der Waals surface area contributed by atoms with Gasteiger partial charge in [-0.15, -0.1) is 0 Å². The van der Waals surface area contributed by atoms with Crippen LogP contribution in [0.1, 0.15) is 37.7 Å². The lowest BCUT2D eigenvalue weighted by Gasteiger charge is -2.37. The van der Waals surface area contributed by atoms with Crippen LogP contribution in [0.4, 0.5) is 0 Å². The molecule has 0 amide bonds. The lowest BCUT2D eigenvalue weighted by molar-refractivity contribution is -0.0316. The van der Waals surface area contributed by atoms with Gasteiger partial charge in [0.1, 0.15) is 0 Å². The standard InChI is InChI=1S/C19H29NO4/c1-23-19-12-14(6-7-17(19)22)9-11-24-18-5-3-2-4-16(18)20-10-8-15(21)13-20/h6-7,12,15-16,18,21-22H,2-5,8-11,13H2,1H3/t15-,16-,18-/m1/s1. The Hall–Kier alpha value is -1.30. The molecule has 3 rings (SSSR count). The van der Waals surface area contributed by atoms with E-state index in [0.717, 1.165) is 37.9 Å². The number of rotatable bonds is 6. The van der Waals surface area contributed by atoms with E-state index < -0.39 is 0 Å². The number of ether oxygens (including phenoxy) is 2. The normalized spacial score (nSPS) is 28.2. The number of phenolic OH excluding ortho intramolecular Hbond substituents is 1. The average Bonchev–Trinajstić information content (AvgIpc) is 3.03. The fourth-order valence-corrected chi connectivity index (χ4v) is 3.96. The molecule has 0 unspecified atom stereocenters. The Morgan fingerprint density at radius 3 is 2.79 bits per heavy atom. The molecule has 5 nitrogen and oxygen atoms in total. The molecule has 1 heterocycles. The molecule has 2 fully saturated rings. The van der Waals surface area contributed by atoms with E-state index in [1.54, 1.807) is 13.2 Å². The molecule has 2 N–H and O–H groups in total. The first-order valence-corrected chi connectivity index (χ1v) is 9.07. The molecule has 24 heavy (non-hydrogen) atoms. The first-order chi connectivity index (χ1) is 11.7. The number of aromatic hydroxyl groups is 1. The number of phenols is 1. The van der Waals surface area contributed by atoms with Crippen LogP contribution in [0.2, 0.25) is 0 Å². The predicted molar refractivity (Wildman–Crippen MR) is 92.6 cm³/mol. The lowest BCUT2D eigenvalue weighted by atomic mass is 9.91. The summed E-state index contributed by atoms with van der Waals surface area (Å²) in [7, 11) is 1.56. The van der Waals surface area contributed by atoms with Crippen LogP contribution in [0.3, 0.4) is 0 Å². The third-order valence-corrected chi connectivity index (χ3v) is 5.30. The molecule has 1 aliphatic carbocycles. The van der Waals surface area contributed by atoms with Gasteiger partial charge >= 0.3 is 0 Å². The third-order valence-electron chi connectivity index (χ3n) is 5.30. The molecule has 5 heteroatoms. The Kier molecular flexibility index (Phi) is 5.98. The maximum absolute atomic E-state index is 9.80. The van der Waals surface area contributed by atoms with Gasteiger partial charge < -0.3 is 19.7 Å². The molecule has 1 saturated carbocycles. The average molecular weight is 335 g/mol. The summed E-state index contributed by atoms with van der Waals surface area (Å²) in [6, 6.07) is 5.90. The van der Waals surface area contributed by atoms with Crippen LogP contribution in [0, 0.1) is 0 Å². The summed E-state index contributed by atoms with van der Waals surface area (Å²) in [6.07, 6.45) is 6.55. The molecule has 1 aliphatic heterocycles. The van der Waals surface area contributed by atoms with Crippen molar-refractivity contribution in [2.75, 3.05) is 26.8 Å². The highest BCUT2D eigenvalue weighted by atomic mass is 16.5. The predicted octanol–water partition coefficient (Wildman–Crippen LogP) is 2.34. The van der Waals surface area contributed by atoms with Gasteiger partial charge in [-0.1, -0.05) is 18.9 Å². The Morgan fingerprint density at radius 2 is 2.04 bits per heavy atom. The zero-order chi connectivity index (χ0) is 16.9. The number of benzene rings is 1. The Labute approximate surface area is 144 Å². The summed E-state index contributed by atoms with van der Waals surface area (Å²) in [5, 5.41) is 19.5. The van der Waals surface area contributed by atoms with E-state index >= 15 is 0 Å². The number of aliphatic hydroxyl groups excluding tert-OH is 1. The summed E-state index contributed by atoms with van der Waals surface area (Å²) in [6.45, 7) is 2.45. The van der Waals surface area contributed by atoms with E-state index in [1.807, 2.05) is 12.1 Å². The van der Waals surface area contributed by atoms with Gasteiger partial charge in [-0.3, -0.25) is 4.90 Å². The fraction of sp³-hybridized carbons (Fsp3) is 0.684. The molecule has 0 aromatic heterocycles. The van der Waals surface area contributed by atoms with E-state index in [9.17, 15) is 10.2 Å².